The van der Waals surface area contributed by atoms with Crippen molar-refractivity contribution in [1.82, 2.24) is 24.8 Å². The molecule has 1 unspecified atom stereocenters. The Morgan fingerprint density at radius 1 is 1.16 bits per heavy atom. The Balaban J connectivity index is 0.000000402. The second-order valence-electron chi connectivity index (χ2n) is 8.95. The van der Waals surface area contributed by atoms with Crippen LogP contribution in [0.3, 0.4) is 0 Å². The molecule has 4 N–H and O–H groups in total. The number of alkyl halides is 6. The normalized spacial score (nSPS) is 14.2. The van der Waals surface area contributed by atoms with Gasteiger partial charge in [-0.1, -0.05) is 18.5 Å². The number of aliphatic carboxylic acids is 2. The number of likely N-dealkylation sites (N-methyl/N-ethyl adjacent to an activating group) is 1. The fourth-order valence-corrected chi connectivity index (χ4v) is 4.23. The summed E-state index contributed by atoms with van der Waals surface area (Å²) in [5.74, 6) is -3.89. The number of halogens is 7. The lowest BCUT2D eigenvalue weighted by molar-refractivity contribution is -0.193. The molecule has 12 nitrogen and oxygen atoms in total. The summed E-state index contributed by atoms with van der Waals surface area (Å²) in [6, 6.07) is 3.96. The van der Waals surface area contributed by atoms with Gasteiger partial charge < -0.3 is 30.2 Å². The Hall–Kier alpha value is -4.37. The molecule has 240 valence electrons. The van der Waals surface area contributed by atoms with Crippen molar-refractivity contribution in [3.63, 3.8) is 0 Å². The number of aromatic amines is 1. The standard InChI is InChI=1S/C21H24ClN7O.2C2HF3O2/c1-4-29-8-13(9-29)17-15(7-23)16(22)6-14(19(17)30-5-2)12(3)28-21-18-20(25-10-24-18)26-11-27-21;2*3-2(4,5)1(6)7/h6,10-13H,4-5,8-9H2,1-3H3,(H2,24,25,26,27,28);2*(H,6,7). The molecule has 2 aromatic heterocycles. The van der Waals surface area contributed by atoms with Crippen LogP contribution in [0.25, 0.3) is 11.2 Å². The predicted octanol–water partition coefficient (Wildman–Crippen LogP) is 5.14. The molecule has 1 aliphatic heterocycles. The zero-order valence-electron chi connectivity index (χ0n) is 23.2. The quantitative estimate of drug-likeness (QED) is 0.248. The van der Waals surface area contributed by atoms with Crippen LogP contribution in [0.4, 0.5) is 32.2 Å². The first-order chi connectivity index (χ1) is 20.5. The van der Waals surface area contributed by atoms with Gasteiger partial charge in [-0.2, -0.15) is 31.6 Å². The third-order valence-electron chi connectivity index (χ3n) is 6.04. The molecule has 1 atom stereocenters. The van der Waals surface area contributed by atoms with E-state index in [2.05, 4.69) is 43.1 Å². The van der Waals surface area contributed by atoms with Crippen molar-refractivity contribution < 1.29 is 50.9 Å². The average Bonchev–Trinajstić information content (AvgIpc) is 3.39. The van der Waals surface area contributed by atoms with Crippen LogP contribution >= 0.6 is 11.6 Å². The van der Waals surface area contributed by atoms with Gasteiger partial charge in [-0.05, 0) is 26.5 Å². The molecule has 3 aromatic rings. The summed E-state index contributed by atoms with van der Waals surface area (Å²) >= 11 is 6.57. The van der Waals surface area contributed by atoms with Gasteiger partial charge in [0.2, 0.25) is 0 Å². The van der Waals surface area contributed by atoms with Crippen LogP contribution in [0.1, 0.15) is 49.4 Å². The van der Waals surface area contributed by atoms with E-state index in [1.807, 2.05) is 19.9 Å². The highest BCUT2D eigenvalue weighted by atomic mass is 35.5. The average molecular weight is 654 g/mol. The number of nitrogens with zero attached hydrogens (tertiary/aromatic N) is 5. The van der Waals surface area contributed by atoms with Crippen LogP contribution in [-0.4, -0.2) is 85.6 Å². The zero-order chi connectivity index (χ0) is 33.4. The van der Waals surface area contributed by atoms with Gasteiger partial charge in [0, 0.05) is 30.1 Å². The van der Waals surface area contributed by atoms with E-state index in [0.717, 1.165) is 42.0 Å². The maximum Gasteiger partial charge on any atom is 0.490 e. The summed E-state index contributed by atoms with van der Waals surface area (Å²) in [6.45, 7) is 9.39. The Kier molecular flexibility index (Phi) is 12.1. The lowest BCUT2D eigenvalue weighted by Crippen LogP contribution is -2.45. The van der Waals surface area contributed by atoms with E-state index in [1.54, 1.807) is 6.33 Å². The fraction of sp³-hybridized carbons (Fsp3) is 0.440. The number of carboxylic acids is 2. The number of ether oxygens (including phenoxy) is 1. The van der Waals surface area contributed by atoms with Crippen LogP contribution < -0.4 is 10.1 Å². The first kappa shape index (κ1) is 35.8. The number of hydrogen-bond acceptors (Lipinski definition) is 9. The maximum absolute atomic E-state index is 10.6. The number of carboxylic acid groups (broad SMARTS) is 2. The molecule has 44 heavy (non-hydrogen) atoms. The molecule has 1 saturated heterocycles. The first-order valence-corrected chi connectivity index (χ1v) is 13.0. The SMILES string of the molecule is CCOc1c(C(C)Nc2ncnc3nc[nH]c23)cc(Cl)c(C#N)c1C1CN(CC)C1.O=C(O)C(F)(F)F.O=C(O)C(F)(F)F. The highest BCUT2D eigenvalue weighted by Crippen LogP contribution is 2.43. The molecule has 0 aliphatic carbocycles. The number of rotatable bonds is 7. The van der Waals surface area contributed by atoms with Gasteiger partial charge in [-0.15, -0.1) is 0 Å². The van der Waals surface area contributed by atoms with Crippen molar-refractivity contribution in [3.05, 3.63) is 40.4 Å². The van der Waals surface area contributed by atoms with Crippen LogP contribution in [0, 0.1) is 11.3 Å². The summed E-state index contributed by atoms with van der Waals surface area (Å²) in [6.07, 6.45) is -7.10. The Morgan fingerprint density at radius 3 is 2.20 bits per heavy atom. The van der Waals surface area contributed by atoms with Gasteiger partial charge in [-0.25, -0.2) is 24.5 Å². The summed E-state index contributed by atoms with van der Waals surface area (Å²) in [4.78, 5) is 35.9. The smallest absolute Gasteiger partial charge is 0.490 e. The maximum atomic E-state index is 10.6. The number of nitriles is 1. The number of likely N-dealkylation sites (tertiary alicyclic amines) is 1. The van der Waals surface area contributed by atoms with E-state index in [-0.39, 0.29) is 12.0 Å². The number of anilines is 1. The largest absolute Gasteiger partial charge is 0.493 e. The highest BCUT2D eigenvalue weighted by Gasteiger charge is 2.39. The molecular formula is C25H26ClF6N7O5. The Labute approximate surface area is 250 Å². The Bertz CT molecular complexity index is 1480. The molecule has 0 bridgehead atoms. The minimum absolute atomic E-state index is 0.167. The molecule has 1 fully saturated rings. The molecule has 1 aromatic carbocycles. The minimum Gasteiger partial charge on any atom is -0.493 e. The molecule has 1 aliphatic rings. The number of aromatic nitrogens is 4. The summed E-state index contributed by atoms with van der Waals surface area (Å²) in [7, 11) is 0. The van der Waals surface area contributed by atoms with Crippen LogP contribution in [0.15, 0.2) is 18.7 Å². The monoisotopic (exact) mass is 653 g/mol. The molecule has 4 rings (SSSR count). The van der Waals surface area contributed by atoms with Crippen molar-refractivity contribution >= 4 is 40.5 Å². The third-order valence-corrected chi connectivity index (χ3v) is 6.34. The molecule has 3 heterocycles. The molecule has 0 amide bonds. The number of carbonyl (C=O) groups is 2. The van der Waals surface area contributed by atoms with Gasteiger partial charge in [0.25, 0.3) is 0 Å². The molecule has 0 saturated carbocycles. The van der Waals surface area contributed by atoms with E-state index in [4.69, 9.17) is 36.1 Å². The second kappa shape index (κ2) is 14.9. The number of benzene rings is 1. The summed E-state index contributed by atoms with van der Waals surface area (Å²) in [5.41, 5.74) is 3.65. The van der Waals surface area contributed by atoms with Crippen LogP contribution in [0.5, 0.6) is 5.75 Å². The summed E-state index contributed by atoms with van der Waals surface area (Å²) < 4.78 is 69.6. The Morgan fingerprint density at radius 2 is 1.73 bits per heavy atom. The molecular weight excluding hydrogens is 628 g/mol. The van der Waals surface area contributed by atoms with Gasteiger partial charge in [0.15, 0.2) is 11.5 Å². The van der Waals surface area contributed by atoms with Crippen LogP contribution in [-0.2, 0) is 9.59 Å². The molecule has 0 radical (unpaired) electrons. The number of fused-ring (bicyclic) bond motifs is 1. The number of nitrogens with one attached hydrogen (secondary N) is 2. The van der Waals surface area contributed by atoms with E-state index in [9.17, 15) is 31.6 Å². The first-order valence-electron chi connectivity index (χ1n) is 12.6. The number of H-pyrrole nitrogens is 1. The van der Waals surface area contributed by atoms with E-state index < -0.39 is 24.3 Å². The van der Waals surface area contributed by atoms with Gasteiger partial charge in [0.1, 0.15) is 23.7 Å². The van der Waals surface area contributed by atoms with E-state index in [0.29, 0.717) is 28.7 Å². The summed E-state index contributed by atoms with van der Waals surface area (Å²) in [5, 5.41) is 27.9. The lowest BCUT2D eigenvalue weighted by atomic mass is 9.85. The molecule has 19 heteroatoms. The van der Waals surface area contributed by atoms with E-state index in [1.165, 1.54) is 6.33 Å². The van der Waals surface area contributed by atoms with Crippen molar-refractivity contribution in [2.45, 2.75) is 45.1 Å². The fourth-order valence-electron chi connectivity index (χ4n) is 3.97. The highest BCUT2D eigenvalue weighted by molar-refractivity contribution is 6.32. The van der Waals surface area contributed by atoms with Gasteiger partial charge in [0.05, 0.1) is 29.6 Å². The predicted molar refractivity (Wildman–Crippen MR) is 143 cm³/mol. The zero-order valence-corrected chi connectivity index (χ0v) is 24.0. The number of imidazole rings is 1. The van der Waals surface area contributed by atoms with Gasteiger partial charge >= 0.3 is 24.3 Å². The minimum atomic E-state index is -5.08. The van der Waals surface area contributed by atoms with Crippen molar-refractivity contribution in [1.29, 1.82) is 5.26 Å². The number of hydrogen-bond donors (Lipinski definition) is 4. The molecule has 0 spiro atoms. The van der Waals surface area contributed by atoms with Crippen molar-refractivity contribution in [2.24, 2.45) is 0 Å². The van der Waals surface area contributed by atoms with Crippen LogP contribution in [0.2, 0.25) is 5.02 Å². The topological polar surface area (TPSA) is 177 Å². The van der Waals surface area contributed by atoms with Crippen molar-refractivity contribution in [3.8, 4) is 11.8 Å². The second-order valence-corrected chi connectivity index (χ2v) is 9.36. The van der Waals surface area contributed by atoms with Crippen molar-refractivity contribution in [2.75, 3.05) is 31.6 Å². The third kappa shape index (κ3) is 9.07. The lowest BCUT2D eigenvalue weighted by Gasteiger charge is -2.40. The van der Waals surface area contributed by atoms with Gasteiger partial charge in [-0.3, -0.25) is 0 Å². The van der Waals surface area contributed by atoms with E-state index >= 15 is 0 Å².